The smallest absolute Gasteiger partial charge is 0.335 e. The summed E-state index contributed by atoms with van der Waals surface area (Å²) < 4.78 is 5.74. The summed E-state index contributed by atoms with van der Waals surface area (Å²) in [7, 11) is 0. The van der Waals surface area contributed by atoms with Gasteiger partial charge in [-0.1, -0.05) is 6.07 Å². The zero-order valence-electron chi connectivity index (χ0n) is 10.6. The summed E-state index contributed by atoms with van der Waals surface area (Å²) in [5.41, 5.74) is 1.67. The average Bonchev–Trinajstić information content (AvgIpc) is 2.90. The molecule has 3 aromatic rings. The summed E-state index contributed by atoms with van der Waals surface area (Å²) in [6, 6.07) is 6.53. The van der Waals surface area contributed by atoms with E-state index in [0.717, 1.165) is 10.9 Å². The van der Waals surface area contributed by atoms with Crippen LogP contribution in [-0.4, -0.2) is 26.0 Å². The number of carbonyl (C=O) groups is 1. The molecule has 0 radical (unpaired) electrons. The average molecular weight is 269 g/mol. The van der Waals surface area contributed by atoms with E-state index in [1.54, 1.807) is 18.3 Å². The molecule has 0 saturated heterocycles. The lowest BCUT2D eigenvalue weighted by atomic mass is 10.1. The van der Waals surface area contributed by atoms with Crippen LogP contribution in [0.1, 0.15) is 15.9 Å². The second kappa shape index (κ2) is 4.65. The van der Waals surface area contributed by atoms with Crippen molar-refractivity contribution in [1.29, 1.82) is 0 Å². The lowest BCUT2D eigenvalue weighted by Gasteiger charge is -2.09. The fourth-order valence-corrected chi connectivity index (χ4v) is 1.88. The Morgan fingerprint density at radius 1 is 1.30 bits per heavy atom. The van der Waals surface area contributed by atoms with Crippen LogP contribution in [0.4, 0.5) is 0 Å². The Kier molecular flexibility index (Phi) is 2.83. The molecule has 2 N–H and O–H groups in total. The highest BCUT2D eigenvalue weighted by Crippen LogP contribution is 2.29. The number of aromatic amines is 1. The Labute approximate surface area is 114 Å². The molecule has 2 aromatic heterocycles. The molecule has 0 fully saturated rings. The van der Waals surface area contributed by atoms with Crippen molar-refractivity contribution in [2.75, 3.05) is 0 Å². The Bertz CT molecular complexity index is 795. The number of rotatable bonds is 3. The fourth-order valence-electron chi connectivity index (χ4n) is 1.88. The van der Waals surface area contributed by atoms with Crippen LogP contribution in [0.15, 0.2) is 36.8 Å². The summed E-state index contributed by atoms with van der Waals surface area (Å²) >= 11 is 0. The molecule has 0 saturated carbocycles. The van der Waals surface area contributed by atoms with Gasteiger partial charge in [-0.25, -0.2) is 14.8 Å². The molecule has 0 spiro atoms. The predicted octanol–water partition coefficient (Wildman–Crippen LogP) is 2.76. The first-order chi connectivity index (χ1) is 9.65. The third kappa shape index (κ3) is 2.07. The lowest BCUT2D eigenvalue weighted by Crippen LogP contribution is -1.98. The third-order valence-electron chi connectivity index (χ3n) is 2.96. The van der Waals surface area contributed by atoms with E-state index in [9.17, 15) is 4.79 Å². The van der Waals surface area contributed by atoms with Gasteiger partial charge in [0.2, 0.25) is 5.88 Å². The minimum absolute atomic E-state index is 0.171. The van der Waals surface area contributed by atoms with Gasteiger partial charge in [-0.2, -0.15) is 0 Å². The number of hydrogen-bond acceptors (Lipinski definition) is 4. The number of nitrogens with one attached hydrogen (secondary N) is 1. The van der Waals surface area contributed by atoms with E-state index in [1.807, 2.05) is 6.92 Å². The van der Waals surface area contributed by atoms with Crippen LogP contribution in [0.5, 0.6) is 11.6 Å². The van der Waals surface area contributed by atoms with E-state index < -0.39 is 5.97 Å². The van der Waals surface area contributed by atoms with Gasteiger partial charge in [-0.05, 0) is 30.7 Å². The number of aromatic nitrogens is 3. The summed E-state index contributed by atoms with van der Waals surface area (Å²) in [6.45, 7) is 1.84. The summed E-state index contributed by atoms with van der Waals surface area (Å²) in [5.74, 6) is -0.141. The number of aromatic carboxylic acids is 1. The van der Waals surface area contributed by atoms with E-state index in [2.05, 4.69) is 15.0 Å². The minimum atomic E-state index is -0.996. The number of aryl methyl sites for hydroxylation is 1. The molecule has 0 aliphatic carbocycles. The number of carboxylic acids is 1. The van der Waals surface area contributed by atoms with Crippen LogP contribution in [0.2, 0.25) is 0 Å². The van der Waals surface area contributed by atoms with Gasteiger partial charge in [-0.3, -0.25) is 0 Å². The number of hydrogen-bond donors (Lipinski definition) is 2. The molecule has 0 aliphatic heterocycles. The number of carboxylic acid groups (broad SMARTS) is 1. The first kappa shape index (κ1) is 12.2. The maximum Gasteiger partial charge on any atom is 0.335 e. The van der Waals surface area contributed by atoms with Crippen molar-refractivity contribution in [2.24, 2.45) is 0 Å². The Hall–Kier alpha value is -2.89. The molecule has 6 nitrogen and oxygen atoms in total. The van der Waals surface area contributed by atoms with E-state index >= 15 is 0 Å². The van der Waals surface area contributed by atoms with Crippen molar-refractivity contribution in [1.82, 2.24) is 15.0 Å². The first-order valence-electron chi connectivity index (χ1n) is 5.95. The molecule has 0 atom stereocenters. The molecular formula is C14H11N3O3. The van der Waals surface area contributed by atoms with Crippen LogP contribution in [0, 0.1) is 6.92 Å². The van der Waals surface area contributed by atoms with Crippen LogP contribution in [0.3, 0.4) is 0 Å². The van der Waals surface area contributed by atoms with Crippen LogP contribution >= 0.6 is 0 Å². The molecule has 20 heavy (non-hydrogen) atoms. The number of nitrogens with zero attached hydrogens (tertiary/aromatic N) is 2. The van der Waals surface area contributed by atoms with Crippen molar-refractivity contribution in [3.63, 3.8) is 0 Å². The monoisotopic (exact) mass is 269 g/mol. The largest absolute Gasteiger partial charge is 0.478 e. The molecular weight excluding hydrogens is 258 g/mol. The third-order valence-corrected chi connectivity index (χ3v) is 2.96. The van der Waals surface area contributed by atoms with Gasteiger partial charge in [0.05, 0.1) is 10.9 Å². The van der Waals surface area contributed by atoms with Crippen molar-refractivity contribution < 1.29 is 14.6 Å². The second-order valence-corrected chi connectivity index (χ2v) is 4.31. The van der Waals surface area contributed by atoms with Gasteiger partial charge in [-0.15, -0.1) is 0 Å². The van der Waals surface area contributed by atoms with Gasteiger partial charge in [0, 0.05) is 6.20 Å². The molecule has 2 heterocycles. The quantitative estimate of drug-likeness (QED) is 0.763. The number of fused-ring (bicyclic) bond motifs is 1. The zero-order valence-corrected chi connectivity index (χ0v) is 10.6. The molecule has 100 valence electrons. The maximum absolute atomic E-state index is 11.0. The molecule has 3 rings (SSSR count). The van der Waals surface area contributed by atoms with Crippen LogP contribution in [-0.2, 0) is 0 Å². The van der Waals surface area contributed by atoms with Gasteiger partial charge < -0.3 is 14.8 Å². The predicted molar refractivity (Wildman–Crippen MR) is 72.1 cm³/mol. The van der Waals surface area contributed by atoms with Gasteiger partial charge in [0.25, 0.3) is 0 Å². The van der Waals surface area contributed by atoms with Crippen molar-refractivity contribution in [3.05, 3.63) is 47.9 Å². The van der Waals surface area contributed by atoms with E-state index in [4.69, 9.17) is 9.84 Å². The van der Waals surface area contributed by atoms with Gasteiger partial charge in [0.15, 0.2) is 0 Å². The summed E-state index contributed by atoms with van der Waals surface area (Å²) in [5, 5.41) is 9.76. The highest BCUT2D eigenvalue weighted by atomic mass is 16.5. The molecule has 0 aliphatic rings. The van der Waals surface area contributed by atoms with Crippen molar-refractivity contribution in [2.45, 2.75) is 6.92 Å². The van der Waals surface area contributed by atoms with Crippen molar-refractivity contribution >= 4 is 17.0 Å². The van der Waals surface area contributed by atoms with Crippen molar-refractivity contribution in [3.8, 4) is 11.6 Å². The molecule has 1 aromatic carbocycles. The van der Waals surface area contributed by atoms with E-state index in [1.165, 1.54) is 18.5 Å². The minimum Gasteiger partial charge on any atom is -0.478 e. The van der Waals surface area contributed by atoms with Gasteiger partial charge in [0.1, 0.15) is 17.7 Å². The highest BCUT2D eigenvalue weighted by molar-refractivity contribution is 5.88. The summed E-state index contributed by atoms with van der Waals surface area (Å²) in [4.78, 5) is 22.1. The number of ether oxygens (including phenoxy) is 1. The molecule has 0 amide bonds. The Morgan fingerprint density at radius 3 is 2.95 bits per heavy atom. The fraction of sp³-hybridized carbons (Fsp3) is 0.0714. The molecule has 0 bridgehead atoms. The summed E-state index contributed by atoms with van der Waals surface area (Å²) in [6.07, 6.45) is 3.14. The number of benzene rings is 1. The number of H-pyrrole nitrogens is 1. The van der Waals surface area contributed by atoms with Gasteiger partial charge >= 0.3 is 5.97 Å². The maximum atomic E-state index is 11.0. The molecule has 0 unspecified atom stereocenters. The Morgan fingerprint density at radius 2 is 2.15 bits per heavy atom. The standard InChI is InChI=1S/C14H11N3O3/c1-8-2-3-9(14(18)19)6-11(8)20-13-10-4-5-15-12(10)16-7-17-13/h2-7H,1H3,(H,18,19)(H,15,16,17). The Balaban J connectivity index is 2.04. The van der Waals surface area contributed by atoms with E-state index in [-0.39, 0.29) is 5.56 Å². The highest BCUT2D eigenvalue weighted by Gasteiger charge is 2.11. The second-order valence-electron chi connectivity index (χ2n) is 4.31. The van der Waals surface area contributed by atoms with E-state index in [0.29, 0.717) is 17.3 Å². The molecule has 6 heteroatoms. The van der Waals surface area contributed by atoms with Crippen LogP contribution in [0.25, 0.3) is 11.0 Å². The SMILES string of the molecule is Cc1ccc(C(=O)O)cc1Oc1ncnc2[nH]ccc12. The normalized spacial score (nSPS) is 10.7. The van der Waals surface area contributed by atoms with Crippen LogP contribution < -0.4 is 4.74 Å². The first-order valence-corrected chi connectivity index (χ1v) is 5.95. The lowest BCUT2D eigenvalue weighted by molar-refractivity contribution is 0.0696. The zero-order chi connectivity index (χ0) is 14.1. The topological polar surface area (TPSA) is 88.1 Å².